The zero-order valence-electron chi connectivity index (χ0n) is 18.9. The van der Waals surface area contributed by atoms with Gasteiger partial charge < -0.3 is 9.80 Å². The van der Waals surface area contributed by atoms with Gasteiger partial charge in [0, 0.05) is 45.0 Å². The summed E-state index contributed by atoms with van der Waals surface area (Å²) in [5, 5.41) is 0.413. The normalized spacial score (nSPS) is 23.6. The molecule has 0 bridgehead atoms. The molecule has 8 heteroatoms. The van der Waals surface area contributed by atoms with E-state index in [1.165, 1.54) is 11.1 Å². The smallest absolute Gasteiger partial charge is 0.273 e. The number of benzene rings is 1. The molecule has 4 heterocycles. The average molecular weight is 468 g/mol. The first-order chi connectivity index (χ1) is 16.0. The first-order valence-electron chi connectivity index (χ1n) is 11.8. The van der Waals surface area contributed by atoms with Crippen molar-refractivity contribution >= 4 is 29.1 Å². The van der Waals surface area contributed by atoms with Gasteiger partial charge in [0.1, 0.15) is 5.69 Å². The van der Waals surface area contributed by atoms with Gasteiger partial charge in [-0.15, -0.1) is 0 Å². The number of aromatic nitrogens is 1. The molecule has 2 N–H and O–H groups in total. The Kier molecular flexibility index (Phi) is 6.36. The van der Waals surface area contributed by atoms with E-state index in [1.807, 2.05) is 11.9 Å². The second kappa shape index (κ2) is 9.41. The Hall–Kier alpha value is -2.48. The first kappa shape index (κ1) is 22.3. The van der Waals surface area contributed by atoms with Crippen molar-refractivity contribution in [3.8, 4) is 0 Å². The van der Waals surface area contributed by atoms with Crippen molar-refractivity contribution in [2.75, 3.05) is 31.6 Å². The van der Waals surface area contributed by atoms with Gasteiger partial charge in [-0.3, -0.25) is 15.0 Å². The van der Waals surface area contributed by atoms with Crippen molar-refractivity contribution in [1.29, 1.82) is 0 Å². The molecule has 5 rings (SSSR count). The van der Waals surface area contributed by atoms with Crippen LogP contribution in [0.25, 0.3) is 0 Å². The van der Waals surface area contributed by atoms with E-state index in [0.29, 0.717) is 29.0 Å². The summed E-state index contributed by atoms with van der Waals surface area (Å²) >= 11 is 6.17. The molecular formula is C25H30ClN5O2. The summed E-state index contributed by atoms with van der Waals surface area (Å²) in [6.45, 7) is 2.42. The summed E-state index contributed by atoms with van der Waals surface area (Å²) in [5.74, 6) is 1.19. The number of nitrogens with one attached hydrogen (secondary N) is 2. The molecule has 0 radical (unpaired) electrons. The van der Waals surface area contributed by atoms with Crippen molar-refractivity contribution < 1.29 is 9.59 Å². The number of carbonyl (C=O) groups is 2. The predicted molar refractivity (Wildman–Crippen MR) is 128 cm³/mol. The summed E-state index contributed by atoms with van der Waals surface area (Å²) in [6.07, 6.45) is 6.11. The summed E-state index contributed by atoms with van der Waals surface area (Å²) in [7, 11) is 1.86. The lowest BCUT2D eigenvalue weighted by Crippen LogP contribution is -2.39. The standard InChI is InChI=1S/C25H30ClN5O2/c1-30-21-6-4-18(14-17(21)5-7-22(30)32)23-19(15-28-29-23)13-16-8-11-31(12-9-16)25(33)24-20(26)3-2-10-27-24/h2-4,6,10,14,16,19,23,28-29H,5,7-9,11-13,15H2,1H3. The van der Waals surface area contributed by atoms with E-state index in [2.05, 4.69) is 34.0 Å². The molecule has 2 aromatic rings. The van der Waals surface area contributed by atoms with E-state index >= 15 is 0 Å². The molecule has 1 aromatic heterocycles. The number of hydrogen-bond donors (Lipinski definition) is 2. The second-order valence-corrected chi connectivity index (χ2v) is 9.82. The fourth-order valence-corrected chi connectivity index (χ4v) is 5.68. The molecule has 2 fully saturated rings. The van der Waals surface area contributed by atoms with Crippen LogP contribution < -0.4 is 15.8 Å². The van der Waals surface area contributed by atoms with Crippen LogP contribution in [0.2, 0.25) is 5.02 Å². The third kappa shape index (κ3) is 4.50. The van der Waals surface area contributed by atoms with Gasteiger partial charge in [0.25, 0.3) is 5.91 Å². The minimum absolute atomic E-state index is 0.0707. The summed E-state index contributed by atoms with van der Waals surface area (Å²) in [4.78, 5) is 32.6. The third-order valence-corrected chi connectivity index (χ3v) is 7.70. The molecule has 2 unspecified atom stereocenters. The van der Waals surface area contributed by atoms with Gasteiger partial charge in [-0.2, -0.15) is 0 Å². The van der Waals surface area contributed by atoms with Crippen LogP contribution in [0, 0.1) is 11.8 Å². The number of pyridine rings is 1. The SMILES string of the molecule is CN1C(=O)CCc2cc(C3NNCC3CC3CCN(C(=O)c4ncccc4Cl)CC3)ccc21. The molecule has 0 aliphatic carbocycles. The zero-order chi connectivity index (χ0) is 22.9. The minimum atomic E-state index is -0.0707. The van der Waals surface area contributed by atoms with Crippen molar-refractivity contribution in [2.24, 2.45) is 11.8 Å². The number of anilines is 1. The number of rotatable bonds is 4. The third-order valence-electron chi connectivity index (χ3n) is 7.40. The molecule has 2 atom stereocenters. The molecule has 174 valence electrons. The molecule has 2 amide bonds. The van der Waals surface area contributed by atoms with Crippen LogP contribution in [-0.4, -0.2) is 48.4 Å². The minimum Gasteiger partial charge on any atom is -0.337 e. The Labute approximate surface area is 199 Å². The van der Waals surface area contributed by atoms with Crippen molar-refractivity contribution in [2.45, 2.75) is 38.1 Å². The van der Waals surface area contributed by atoms with Crippen molar-refractivity contribution in [3.05, 3.63) is 58.4 Å². The molecule has 1 aromatic carbocycles. The van der Waals surface area contributed by atoms with E-state index in [-0.39, 0.29) is 17.9 Å². The molecule has 0 spiro atoms. The van der Waals surface area contributed by atoms with Gasteiger partial charge >= 0.3 is 0 Å². The van der Waals surface area contributed by atoms with Gasteiger partial charge in [0.15, 0.2) is 0 Å². The number of hydrogen-bond acceptors (Lipinski definition) is 5. The lowest BCUT2D eigenvalue weighted by molar-refractivity contribution is -0.118. The Morgan fingerprint density at radius 2 is 2.03 bits per heavy atom. The molecular weight excluding hydrogens is 438 g/mol. The lowest BCUT2D eigenvalue weighted by atomic mass is 9.82. The second-order valence-electron chi connectivity index (χ2n) is 9.41. The quantitative estimate of drug-likeness (QED) is 0.721. The lowest BCUT2D eigenvalue weighted by Gasteiger charge is -2.34. The zero-order valence-corrected chi connectivity index (χ0v) is 19.6. The Balaban J connectivity index is 1.21. The van der Waals surface area contributed by atoms with E-state index in [1.54, 1.807) is 23.2 Å². The van der Waals surface area contributed by atoms with E-state index in [4.69, 9.17) is 11.6 Å². The molecule has 3 aliphatic heterocycles. The van der Waals surface area contributed by atoms with E-state index in [9.17, 15) is 9.59 Å². The maximum absolute atomic E-state index is 12.8. The monoisotopic (exact) mass is 467 g/mol. The van der Waals surface area contributed by atoms with E-state index in [0.717, 1.165) is 51.0 Å². The maximum atomic E-state index is 12.8. The van der Waals surface area contributed by atoms with Crippen LogP contribution in [0.15, 0.2) is 36.5 Å². The molecule has 0 saturated carbocycles. The Morgan fingerprint density at radius 1 is 1.21 bits per heavy atom. The summed E-state index contributed by atoms with van der Waals surface area (Å²) < 4.78 is 0. The van der Waals surface area contributed by atoms with Crippen molar-refractivity contribution in [3.63, 3.8) is 0 Å². The van der Waals surface area contributed by atoms with Crippen LogP contribution in [0.5, 0.6) is 0 Å². The van der Waals surface area contributed by atoms with Crippen LogP contribution in [0.1, 0.15) is 53.3 Å². The predicted octanol–water partition coefficient (Wildman–Crippen LogP) is 3.35. The first-order valence-corrected chi connectivity index (χ1v) is 12.2. The Bertz CT molecular complexity index is 1050. The number of aryl methyl sites for hydroxylation is 1. The maximum Gasteiger partial charge on any atom is 0.273 e. The summed E-state index contributed by atoms with van der Waals surface area (Å²) in [6, 6.07) is 10.2. The number of hydrazine groups is 1. The van der Waals surface area contributed by atoms with Crippen LogP contribution in [-0.2, 0) is 11.2 Å². The highest BCUT2D eigenvalue weighted by molar-refractivity contribution is 6.33. The number of halogens is 1. The highest BCUT2D eigenvalue weighted by Crippen LogP contribution is 2.36. The topological polar surface area (TPSA) is 77.6 Å². The number of fused-ring (bicyclic) bond motifs is 1. The molecule has 2 saturated heterocycles. The summed E-state index contributed by atoms with van der Waals surface area (Å²) in [5.41, 5.74) is 10.7. The van der Waals surface area contributed by atoms with Crippen LogP contribution in [0.3, 0.4) is 0 Å². The highest BCUT2D eigenvalue weighted by Gasteiger charge is 2.33. The van der Waals surface area contributed by atoms with Gasteiger partial charge in [-0.05, 0) is 66.8 Å². The highest BCUT2D eigenvalue weighted by atomic mass is 35.5. The van der Waals surface area contributed by atoms with Crippen LogP contribution >= 0.6 is 11.6 Å². The number of nitrogens with zero attached hydrogens (tertiary/aromatic N) is 3. The van der Waals surface area contributed by atoms with Gasteiger partial charge in [0.2, 0.25) is 5.91 Å². The fraction of sp³-hybridized carbons (Fsp3) is 0.480. The molecule has 7 nitrogen and oxygen atoms in total. The molecule has 33 heavy (non-hydrogen) atoms. The van der Waals surface area contributed by atoms with Crippen molar-refractivity contribution in [1.82, 2.24) is 20.7 Å². The fourth-order valence-electron chi connectivity index (χ4n) is 5.47. The average Bonchev–Trinajstić information content (AvgIpc) is 3.30. The Morgan fingerprint density at radius 3 is 2.82 bits per heavy atom. The van der Waals surface area contributed by atoms with Gasteiger partial charge in [0.05, 0.1) is 11.1 Å². The van der Waals surface area contributed by atoms with E-state index < -0.39 is 0 Å². The number of likely N-dealkylation sites (tertiary alicyclic amines) is 1. The largest absolute Gasteiger partial charge is 0.337 e. The number of piperidine rings is 1. The number of carbonyl (C=O) groups excluding carboxylic acids is 2. The number of amides is 2. The van der Waals surface area contributed by atoms with Gasteiger partial charge in [-0.1, -0.05) is 23.7 Å². The van der Waals surface area contributed by atoms with Crippen LogP contribution in [0.4, 0.5) is 5.69 Å². The van der Waals surface area contributed by atoms with Gasteiger partial charge in [-0.25, -0.2) is 10.4 Å². The molecule has 3 aliphatic rings.